The molecule has 0 saturated heterocycles. The normalized spacial score (nSPS) is 10.1. The second-order valence-electron chi connectivity index (χ2n) is 4.52. The summed E-state index contributed by atoms with van der Waals surface area (Å²) in [5, 5.41) is 23.8. The molecule has 1 N–H and O–H groups in total. The van der Waals surface area contributed by atoms with E-state index in [9.17, 15) is 25.0 Å². The summed E-state index contributed by atoms with van der Waals surface area (Å²) in [6.07, 6.45) is 0. The zero-order chi connectivity index (χ0) is 17.9. The second kappa shape index (κ2) is 6.92. The summed E-state index contributed by atoms with van der Waals surface area (Å²) in [7, 11) is 1.34. The van der Waals surface area contributed by atoms with Crippen LogP contribution in [-0.4, -0.2) is 22.9 Å². The average molecular weight is 352 g/mol. The molecule has 1 amide bonds. The number of halogens is 1. The number of carbonyl (C=O) groups is 1. The van der Waals surface area contributed by atoms with E-state index in [4.69, 9.17) is 16.3 Å². The van der Waals surface area contributed by atoms with E-state index in [1.807, 2.05) is 0 Å². The third-order valence-electron chi connectivity index (χ3n) is 3.05. The van der Waals surface area contributed by atoms with Gasteiger partial charge in [-0.05, 0) is 12.1 Å². The molecule has 0 aliphatic rings. The highest BCUT2D eigenvalue weighted by Crippen LogP contribution is 2.30. The van der Waals surface area contributed by atoms with Crippen molar-refractivity contribution in [3.8, 4) is 5.75 Å². The summed E-state index contributed by atoms with van der Waals surface area (Å²) in [4.78, 5) is 32.5. The van der Waals surface area contributed by atoms with E-state index >= 15 is 0 Å². The molecule has 0 atom stereocenters. The molecule has 0 aliphatic carbocycles. The van der Waals surface area contributed by atoms with Gasteiger partial charge in [0.15, 0.2) is 0 Å². The van der Waals surface area contributed by atoms with E-state index in [2.05, 4.69) is 5.32 Å². The van der Waals surface area contributed by atoms with Gasteiger partial charge in [0.05, 0.1) is 33.2 Å². The summed E-state index contributed by atoms with van der Waals surface area (Å²) in [6, 6.07) is 7.07. The first-order valence-electron chi connectivity index (χ1n) is 6.41. The fourth-order valence-corrected chi connectivity index (χ4v) is 2.16. The maximum atomic E-state index is 12.3. The Bertz CT molecular complexity index is 839. The van der Waals surface area contributed by atoms with Gasteiger partial charge in [0.25, 0.3) is 17.3 Å². The molecule has 2 aromatic carbocycles. The molecular weight excluding hydrogens is 342 g/mol. The fourth-order valence-electron chi connectivity index (χ4n) is 1.90. The molecule has 10 heteroatoms. The van der Waals surface area contributed by atoms with Crippen LogP contribution >= 0.6 is 11.6 Å². The van der Waals surface area contributed by atoms with Crippen LogP contribution in [0.15, 0.2) is 36.4 Å². The highest BCUT2D eigenvalue weighted by Gasteiger charge is 2.18. The van der Waals surface area contributed by atoms with E-state index < -0.39 is 15.8 Å². The lowest BCUT2D eigenvalue weighted by molar-refractivity contribution is -0.385. The molecule has 0 unspecified atom stereocenters. The fraction of sp³-hybridized carbons (Fsp3) is 0.0714. The first-order valence-corrected chi connectivity index (χ1v) is 6.79. The van der Waals surface area contributed by atoms with Crippen molar-refractivity contribution in [1.82, 2.24) is 0 Å². The molecule has 0 bridgehead atoms. The number of non-ortho nitro benzene ring substituents is 2. The minimum absolute atomic E-state index is 0.0178. The van der Waals surface area contributed by atoms with Gasteiger partial charge in [-0.3, -0.25) is 25.0 Å². The van der Waals surface area contributed by atoms with Crippen LogP contribution in [0.5, 0.6) is 5.75 Å². The van der Waals surface area contributed by atoms with Crippen LogP contribution in [0.4, 0.5) is 17.1 Å². The Morgan fingerprint density at radius 2 is 1.67 bits per heavy atom. The standard InChI is InChI=1S/C14H10ClN3O6/c1-24-13-5-3-9(18(22)23)7-12(13)16-14(19)10-4-2-8(17(20)21)6-11(10)15/h2-7H,1H3,(H,16,19). The Balaban J connectivity index is 2.34. The van der Waals surface area contributed by atoms with Crippen molar-refractivity contribution in [3.63, 3.8) is 0 Å². The van der Waals surface area contributed by atoms with Crippen LogP contribution in [0.25, 0.3) is 0 Å². The topological polar surface area (TPSA) is 125 Å². The van der Waals surface area contributed by atoms with Crippen molar-refractivity contribution in [2.45, 2.75) is 0 Å². The van der Waals surface area contributed by atoms with Crippen LogP contribution in [0, 0.1) is 20.2 Å². The number of nitrogens with one attached hydrogen (secondary N) is 1. The lowest BCUT2D eigenvalue weighted by Gasteiger charge is -2.10. The summed E-state index contributed by atoms with van der Waals surface area (Å²) >= 11 is 5.89. The minimum Gasteiger partial charge on any atom is -0.495 e. The predicted molar refractivity (Wildman–Crippen MR) is 85.7 cm³/mol. The van der Waals surface area contributed by atoms with Crippen LogP contribution in [-0.2, 0) is 0 Å². The van der Waals surface area contributed by atoms with Gasteiger partial charge < -0.3 is 10.1 Å². The number of hydrogen-bond donors (Lipinski definition) is 1. The van der Waals surface area contributed by atoms with Gasteiger partial charge in [0.1, 0.15) is 5.75 Å². The zero-order valence-corrected chi connectivity index (χ0v) is 12.9. The van der Waals surface area contributed by atoms with Crippen molar-refractivity contribution >= 4 is 34.6 Å². The molecule has 9 nitrogen and oxygen atoms in total. The third kappa shape index (κ3) is 3.58. The number of nitro groups is 2. The molecule has 2 rings (SSSR count). The molecule has 0 radical (unpaired) electrons. The van der Waals surface area contributed by atoms with E-state index in [1.54, 1.807) is 0 Å². The number of anilines is 1. The van der Waals surface area contributed by atoms with Crippen molar-refractivity contribution in [2.24, 2.45) is 0 Å². The molecule has 24 heavy (non-hydrogen) atoms. The van der Waals surface area contributed by atoms with Gasteiger partial charge in [0.2, 0.25) is 0 Å². The van der Waals surface area contributed by atoms with Gasteiger partial charge in [-0.15, -0.1) is 0 Å². The molecule has 124 valence electrons. The summed E-state index contributed by atoms with van der Waals surface area (Å²) < 4.78 is 5.04. The molecule has 0 heterocycles. The monoisotopic (exact) mass is 351 g/mol. The largest absolute Gasteiger partial charge is 0.495 e. The predicted octanol–water partition coefficient (Wildman–Crippen LogP) is 3.42. The van der Waals surface area contributed by atoms with Gasteiger partial charge >= 0.3 is 0 Å². The number of hydrogen-bond acceptors (Lipinski definition) is 6. The van der Waals surface area contributed by atoms with Crippen molar-refractivity contribution in [1.29, 1.82) is 0 Å². The molecular formula is C14H10ClN3O6. The number of nitro benzene ring substituents is 2. The lowest BCUT2D eigenvalue weighted by Crippen LogP contribution is -2.13. The Hall–Kier alpha value is -3.20. The number of methoxy groups -OCH3 is 1. The van der Waals surface area contributed by atoms with Gasteiger partial charge in [-0.25, -0.2) is 0 Å². The van der Waals surface area contributed by atoms with E-state index in [1.165, 1.54) is 25.3 Å². The minimum atomic E-state index is -0.686. The van der Waals surface area contributed by atoms with Crippen LogP contribution in [0.3, 0.4) is 0 Å². The molecule has 0 saturated carbocycles. The SMILES string of the molecule is COc1ccc([N+](=O)[O-])cc1NC(=O)c1ccc([N+](=O)[O-])cc1Cl. The number of amides is 1. The Morgan fingerprint density at radius 1 is 1.08 bits per heavy atom. The highest BCUT2D eigenvalue weighted by atomic mass is 35.5. The molecule has 0 spiro atoms. The maximum Gasteiger partial charge on any atom is 0.271 e. The number of rotatable bonds is 5. The van der Waals surface area contributed by atoms with Crippen molar-refractivity contribution < 1.29 is 19.4 Å². The summed E-state index contributed by atoms with van der Waals surface area (Å²) in [5.74, 6) is -0.472. The summed E-state index contributed by atoms with van der Waals surface area (Å²) in [5.41, 5.74) is -0.438. The average Bonchev–Trinajstić information content (AvgIpc) is 2.54. The smallest absolute Gasteiger partial charge is 0.271 e. The molecule has 0 aromatic heterocycles. The Kier molecular flexibility index (Phi) is 4.95. The van der Waals surface area contributed by atoms with E-state index in [-0.39, 0.29) is 33.4 Å². The van der Waals surface area contributed by atoms with E-state index in [0.717, 1.165) is 18.2 Å². The highest BCUT2D eigenvalue weighted by molar-refractivity contribution is 6.34. The molecule has 2 aromatic rings. The zero-order valence-electron chi connectivity index (χ0n) is 12.2. The lowest BCUT2D eigenvalue weighted by atomic mass is 10.1. The second-order valence-corrected chi connectivity index (χ2v) is 4.92. The first kappa shape index (κ1) is 17.2. The van der Waals surface area contributed by atoms with Crippen LogP contribution in [0.1, 0.15) is 10.4 Å². The van der Waals surface area contributed by atoms with Gasteiger partial charge in [-0.1, -0.05) is 11.6 Å². The number of carbonyl (C=O) groups excluding carboxylic acids is 1. The molecule has 0 aliphatic heterocycles. The third-order valence-corrected chi connectivity index (χ3v) is 3.36. The Labute approximate surface area is 140 Å². The van der Waals surface area contributed by atoms with Gasteiger partial charge in [0, 0.05) is 24.3 Å². The quantitative estimate of drug-likeness (QED) is 0.650. The van der Waals surface area contributed by atoms with Crippen LogP contribution < -0.4 is 10.1 Å². The maximum absolute atomic E-state index is 12.3. The van der Waals surface area contributed by atoms with Crippen molar-refractivity contribution in [2.75, 3.05) is 12.4 Å². The first-order chi connectivity index (χ1) is 11.3. The van der Waals surface area contributed by atoms with Crippen LogP contribution in [0.2, 0.25) is 5.02 Å². The van der Waals surface area contributed by atoms with E-state index in [0.29, 0.717) is 0 Å². The van der Waals surface area contributed by atoms with Crippen molar-refractivity contribution in [3.05, 3.63) is 67.2 Å². The number of benzene rings is 2. The molecule has 0 fully saturated rings. The number of ether oxygens (including phenoxy) is 1. The Morgan fingerprint density at radius 3 is 2.21 bits per heavy atom. The van der Waals surface area contributed by atoms with Gasteiger partial charge in [-0.2, -0.15) is 0 Å². The summed E-state index contributed by atoms with van der Waals surface area (Å²) in [6.45, 7) is 0. The number of nitrogens with zero attached hydrogens (tertiary/aromatic N) is 2.